The van der Waals surface area contributed by atoms with E-state index < -0.39 is 21.7 Å². The predicted molar refractivity (Wildman–Crippen MR) is 108 cm³/mol. The number of amides is 1. The number of sulfonamides is 1. The van der Waals surface area contributed by atoms with Crippen LogP contribution in [0.3, 0.4) is 0 Å². The quantitative estimate of drug-likeness (QED) is 0.705. The summed E-state index contributed by atoms with van der Waals surface area (Å²) in [6.07, 6.45) is 2.00. The lowest BCUT2D eigenvalue weighted by molar-refractivity contribution is 0.102. The van der Waals surface area contributed by atoms with Crippen molar-refractivity contribution in [1.29, 1.82) is 5.26 Å². The van der Waals surface area contributed by atoms with E-state index in [1.54, 1.807) is 25.1 Å². The molecule has 1 heterocycles. The molecule has 1 saturated heterocycles. The number of benzene rings is 2. The molecule has 0 unspecified atom stereocenters. The summed E-state index contributed by atoms with van der Waals surface area (Å²) in [6.45, 7) is 2.77. The Balaban J connectivity index is 1.91. The zero-order valence-corrected chi connectivity index (χ0v) is 16.7. The molecule has 1 aliphatic rings. The molecule has 152 valence electrons. The van der Waals surface area contributed by atoms with Crippen molar-refractivity contribution < 1.29 is 17.6 Å². The number of hydrogen-bond donors (Lipinski definition) is 2. The van der Waals surface area contributed by atoms with Crippen molar-refractivity contribution in [2.45, 2.75) is 24.7 Å². The first-order valence-electron chi connectivity index (χ1n) is 9.15. The van der Waals surface area contributed by atoms with Crippen LogP contribution in [0.2, 0.25) is 0 Å². The van der Waals surface area contributed by atoms with Crippen molar-refractivity contribution in [3.8, 4) is 6.07 Å². The van der Waals surface area contributed by atoms with Gasteiger partial charge < -0.3 is 10.2 Å². The molecule has 1 fully saturated rings. The van der Waals surface area contributed by atoms with Crippen molar-refractivity contribution in [2.24, 2.45) is 0 Å². The van der Waals surface area contributed by atoms with E-state index >= 15 is 0 Å². The van der Waals surface area contributed by atoms with Gasteiger partial charge in [0.05, 0.1) is 23.2 Å². The van der Waals surface area contributed by atoms with E-state index in [4.69, 9.17) is 5.26 Å². The normalized spacial score (nSPS) is 13.9. The van der Waals surface area contributed by atoms with Crippen LogP contribution >= 0.6 is 0 Å². The van der Waals surface area contributed by atoms with Crippen molar-refractivity contribution in [3.05, 3.63) is 53.3 Å². The van der Waals surface area contributed by atoms with Crippen molar-refractivity contribution in [3.63, 3.8) is 0 Å². The van der Waals surface area contributed by atoms with E-state index in [9.17, 15) is 17.6 Å². The fraction of sp³-hybridized carbons (Fsp3) is 0.300. The topological polar surface area (TPSA) is 102 Å². The summed E-state index contributed by atoms with van der Waals surface area (Å²) in [5, 5.41) is 11.2. The molecule has 0 spiro atoms. The highest BCUT2D eigenvalue weighted by Gasteiger charge is 2.22. The number of carbonyl (C=O) groups excluding carboxylic acids is 1. The molecule has 1 amide bonds. The molecule has 0 aromatic heterocycles. The van der Waals surface area contributed by atoms with Gasteiger partial charge in [-0.15, -0.1) is 0 Å². The molecule has 7 nitrogen and oxygen atoms in total. The fourth-order valence-corrected chi connectivity index (χ4v) is 4.46. The summed E-state index contributed by atoms with van der Waals surface area (Å²) in [7, 11) is -3.95. The maximum absolute atomic E-state index is 14.5. The zero-order chi connectivity index (χ0) is 21.0. The zero-order valence-electron chi connectivity index (χ0n) is 15.9. The third-order valence-electron chi connectivity index (χ3n) is 4.76. The van der Waals surface area contributed by atoms with Crippen LogP contribution in [0.5, 0.6) is 0 Å². The minimum atomic E-state index is -3.95. The molecule has 29 heavy (non-hydrogen) atoms. The number of hydrogen-bond acceptors (Lipinski definition) is 5. The van der Waals surface area contributed by atoms with Gasteiger partial charge >= 0.3 is 0 Å². The minimum Gasteiger partial charge on any atom is -0.370 e. The Bertz CT molecular complexity index is 1070. The monoisotopic (exact) mass is 416 g/mol. The third kappa shape index (κ3) is 4.55. The van der Waals surface area contributed by atoms with Crippen LogP contribution in [0.1, 0.15) is 28.8 Å². The van der Waals surface area contributed by atoms with Gasteiger partial charge in [0.1, 0.15) is 11.5 Å². The first kappa shape index (κ1) is 20.8. The Morgan fingerprint density at radius 3 is 2.66 bits per heavy atom. The number of aryl methyl sites for hydroxylation is 1. The maximum Gasteiger partial charge on any atom is 0.255 e. The lowest BCUT2D eigenvalue weighted by Crippen LogP contribution is -2.25. The number of carbonyl (C=O) groups is 1. The second kappa shape index (κ2) is 8.59. The molecule has 3 rings (SSSR count). The number of halogens is 1. The average Bonchev–Trinajstić information content (AvgIpc) is 3.22. The van der Waals surface area contributed by atoms with E-state index in [1.165, 1.54) is 24.3 Å². The highest BCUT2D eigenvalue weighted by Crippen LogP contribution is 2.31. The molecule has 1 aliphatic heterocycles. The van der Waals surface area contributed by atoms with Gasteiger partial charge in [0, 0.05) is 18.7 Å². The molecule has 0 radical (unpaired) electrons. The number of nitrogens with one attached hydrogen (secondary N) is 2. The minimum absolute atomic E-state index is 0.0727. The number of rotatable bonds is 6. The van der Waals surface area contributed by atoms with Gasteiger partial charge in [-0.3, -0.25) is 4.79 Å². The van der Waals surface area contributed by atoms with Crippen molar-refractivity contribution >= 4 is 27.3 Å². The van der Waals surface area contributed by atoms with E-state index in [0.717, 1.165) is 25.9 Å². The third-order valence-corrected chi connectivity index (χ3v) is 6.30. The molecular formula is C20H21FN4O3S. The van der Waals surface area contributed by atoms with Gasteiger partial charge in [-0.05, 0) is 49.6 Å². The summed E-state index contributed by atoms with van der Waals surface area (Å²) in [5.74, 6) is -1.18. The molecular weight excluding hydrogens is 395 g/mol. The molecule has 2 aromatic carbocycles. The van der Waals surface area contributed by atoms with Crippen LogP contribution in [0.4, 0.5) is 15.8 Å². The summed E-state index contributed by atoms with van der Waals surface area (Å²) < 4.78 is 41.4. The van der Waals surface area contributed by atoms with Gasteiger partial charge in [-0.2, -0.15) is 9.98 Å². The number of nitrogens with zero attached hydrogens (tertiary/aromatic N) is 2. The Hall–Kier alpha value is -2.96. The number of nitriles is 1. The fourth-order valence-electron chi connectivity index (χ4n) is 3.28. The van der Waals surface area contributed by atoms with Crippen molar-refractivity contribution in [2.75, 3.05) is 29.9 Å². The largest absolute Gasteiger partial charge is 0.370 e. The van der Waals surface area contributed by atoms with Gasteiger partial charge in [0.15, 0.2) is 0 Å². The van der Waals surface area contributed by atoms with Gasteiger partial charge in [0.2, 0.25) is 10.0 Å². The summed E-state index contributed by atoms with van der Waals surface area (Å²) in [6, 6.07) is 10.5. The molecule has 0 aliphatic carbocycles. The molecule has 0 atom stereocenters. The summed E-state index contributed by atoms with van der Waals surface area (Å²) in [4.78, 5) is 14.7. The van der Waals surface area contributed by atoms with E-state index in [-0.39, 0.29) is 22.7 Å². The highest BCUT2D eigenvalue weighted by atomic mass is 32.2. The molecule has 0 saturated carbocycles. The maximum atomic E-state index is 14.5. The van der Waals surface area contributed by atoms with Gasteiger partial charge in [-0.1, -0.05) is 12.1 Å². The second-order valence-electron chi connectivity index (χ2n) is 6.75. The van der Waals surface area contributed by atoms with Crippen LogP contribution in [0, 0.1) is 24.1 Å². The highest BCUT2D eigenvalue weighted by molar-refractivity contribution is 7.89. The van der Waals surface area contributed by atoms with Gasteiger partial charge in [0.25, 0.3) is 5.91 Å². The van der Waals surface area contributed by atoms with Gasteiger partial charge in [-0.25, -0.2) is 12.8 Å². The smallest absolute Gasteiger partial charge is 0.255 e. The standard InChI is InChI=1S/C20H21FN4O3S/c1-14-7-8-15(13-18(14)29(27,28)23-10-9-22)20(26)24-19-16(21)5-4-6-17(19)25-11-2-3-12-25/h4-8,13,23H,2-3,10-12H2,1H3,(H,24,26). The Morgan fingerprint density at radius 2 is 1.97 bits per heavy atom. The summed E-state index contributed by atoms with van der Waals surface area (Å²) >= 11 is 0. The number of para-hydroxylation sites is 1. The second-order valence-corrected chi connectivity index (χ2v) is 8.48. The number of anilines is 2. The molecule has 0 bridgehead atoms. The Labute approximate surface area is 169 Å². The van der Waals surface area contributed by atoms with Crippen LogP contribution in [0.15, 0.2) is 41.3 Å². The Kier molecular flexibility index (Phi) is 6.15. The average molecular weight is 416 g/mol. The lowest BCUT2D eigenvalue weighted by atomic mass is 10.1. The van der Waals surface area contributed by atoms with Crippen LogP contribution < -0.4 is 14.9 Å². The summed E-state index contributed by atoms with van der Waals surface area (Å²) in [5.41, 5.74) is 1.18. The SMILES string of the molecule is Cc1ccc(C(=O)Nc2c(F)cccc2N2CCCC2)cc1S(=O)(=O)NCC#N. The first-order valence-corrected chi connectivity index (χ1v) is 10.6. The van der Waals surface area contributed by atoms with E-state index in [2.05, 4.69) is 10.0 Å². The van der Waals surface area contributed by atoms with Crippen molar-refractivity contribution in [1.82, 2.24) is 4.72 Å². The molecule has 2 aromatic rings. The van der Waals surface area contributed by atoms with Crippen LogP contribution in [-0.2, 0) is 10.0 Å². The molecule has 9 heteroatoms. The lowest BCUT2D eigenvalue weighted by Gasteiger charge is -2.22. The van der Waals surface area contributed by atoms with Crippen LogP contribution in [0.25, 0.3) is 0 Å². The first-order chi connectivity index (χ1) is 13.8. The van der Waals surface area contributed by atoms with Crippen LogP contribution in [-0.4, -0.2) is 34.0 Å². The molecule has 2 N–H and O–H groups in total. The van der Waals surface area contributed by atoms with E-state index in [1.807, 2.05) is 4.90 Å². The Morgan fingerprint density at radius 1 is 1.24 bits per heavy atom. The predicted octanol–water partition coefficient (Wildman–Crippen LogP) is 2.79. The van der Waals surface area contributed by atoms with E-state index in [0.29, 0.717) is 11.3 Å².